The smallest absolute Gasteiger partial charge is 0.308 e. The van der Waals surface area contributed by atoms with Gasteiger partial charge in [-0.25, -0.2) is 0 Å². The van der Waals surface area contributed by atoms with Crippen LogP contribution >= 0.6 is 11.8 Å². The number of benzene rings is 2. The van der Waals surface area contributed by atoms with Gasteiger partial charge >= 0.3 is 5.97 Å². The first-order valence-corrected chi connectivity index (χ1v) is 8.57. The largest absolute Gasteiger partial charge is 0.481 e. The van der Waals surface area contributed by atoms with E-state index in [0.29, 0.717) is 5.56 Å². The van der Waals surface area contributed by atoms with Gasteiger partial charge in [0.2, 0.25) is 0 Å². The number of hydrogen-bond acceptors (Lipinski definition) is 3. The highest BCUT2D eigenvalue weighted by molar-refractivity contribution is 7.99. The van der Waals surface area contributed by atoms with Crippen LogP contribution in [0.15, 0.2) is 58.3 Å². The summed E-state index contributed by atoms with van der Waals surface area (Å²) >= 11 is 1.52. The summed E-state index contributed by atoms with van der Waals surface area (Å²) in [4.78, 5) is 25.5. The molecule has 2 rings (SSSR count). The number of amides is 1. The fraction of sp³-hybridized carbons (Fsp3) is 0.263. The van der Waals surface area contributed by atoms with E-state index in [0.717, 1.165) is 15.4 Å². The van der Waals surface area contributed by atoms with Gasteiger partial charge in [0, 0.05) is 15.8 Å². The van der Waals surface area contributed by atoms with Gasteiger partial charge in [-0.05, 0) is 50.6 Å². The maximum Gasteiger partial charge on any atom is 0.308 e. The van der Waals surface area contributed by atoms with Crippen molar-refractivity contribution < 1.29 is 14.7 Å². The second-order valence-electron chi connectivity index (χ2n) is 5.80. The number of aryl methyl sites for hydroxylation is 1. The molecule has 2 atom stereocenters. The van der Waals surface area contributed by atoms with Crippen molar-refractivity contribution in [1.82, 2.24) is 5.32 Å². The third kappa shape index (κ3) is 4.61. The van der Waals surface area contributed by atoms with Crippen LogP contribution < -0.4 is 5.32 Å². The van der Waals surface area contributed by atoms with E-state index in [4.69, 9.17) is 5.11 Å². The van der Waals surface area contributed by atoms with Crippen LogP contribution in [0.3, 0.4) is 0 Å². The Kier molecular flexibility index (Phi) is 6.04. The Hall–Kier alpha value is -2.27. The molecule has 24 heavy (non-hydrogen) atoms. The van der Waals surface area contributed by atoms with Crippen molar-refractivity contribution >= 4 is 23.6 Å². The van der Waals surface area contributed by atoms with E-state index in [1.807, 2.05) is 49.4 Å². The lowest BCUT2D eigenvalue weighted by Gasteiger charge is -2.19. The highest BCUT2D eigenvalue weighted by atomic mass is 32.2. The molecule has 2 unspecified atom stereocenters. The second kappa shape index (κ2) is 8.02. The molecule has 2 aromatic rings. The SMILES string of the molecule is Cc1ccc(C(=O)NC(C)C(C)C(=O)O)c(Sc2ccccc2)c1. The van der Waals surface area contributed by atoms with Crippen molar-refractivity contribution in [2.45, 2.75) is 36.6 Å². The lowest BCUT2D eigenvalue weighted by atomic mass is 10.0. The molecule has 0 fully saturated rings. The van der Waals surface area contributed by atoms with Crippen molar-refractivity contribution in [3.05, 3.63) is 59.7 Å². The Bertz CT molecular complexity index is 731. The summed E-state index contributed by atoms with van der Waals surface area (Å²) in [6.45, 7) is 5.27. The van der Waals surface area contributed by atoms with Gasteiger partial charge in [0.15, 0.2) is 0 Å². The number of carboxylic acids is 1. The average Bonchev–Trinajstić information content (AvgIpc) is 2.54. The molecule has 0 aromatic heterocycles. The Balaban J connectivity index is 2.23. The van der Waals surface area contributed by atoms with Crippen LogP contribution in [0.1, 0.15) is 29.8 Å². The number of nitrogens with one attached hydrogen (secondary N) is 1. The molecule has 0 aliphatic heterocycles. The van der Waals surface area contributed by atoms with Gasteiger partial charge in [0.25, 0.3) is 5.91 Å². The molecule has 0 bridgehead atoms. The van der Waals surface area contributed by atoms with E-state index in [2.05, 4.69) is 5.32 Å². The fourth-order valence-corrected chi connectivity index (χ4v) is 3.20. The van der Waals surface area contributed by atoms with Crippen LogP contribution in [0.25, 0.3) is 0 Å². The van der Waals surface area contributed by atoms with Gasteiger partial charge in [-0.1, -0.05) is 36.0 Å². The first kappa shape index (κ1) is 18.1. The minimum Gasteiger partial charge on any atom is -0.481 e. The quantitative estimate of drug-likeness (QED) is 0.832. The first-order valence-electron chi connectivity index (χ1n) is 7.75. The van der Waals surface area contributed by atoms with Crippen molar-refractivity contribution in [1.29, 1.82) is 0 Å². The van der Waals surface area contributed by atoms with Gasteiger partial charge in [-0.2, -0.15) is 0 Å². The average molecular weight is 343 g/mol. The summed E-state index contributed by atoms with van der Waals surface area (Å²) in [5.74, 6) is -1.83. The predicted molar refractivity (Wildman–Crippen MR) is 95.5 cm³/mol. The summed E-state index contributed by atoms with van der Waals surface area (Å²) in [5, 5.41) is 11.9. The van der Waals surface area contributed by atoms with Gasteiger partial charge < -0.3 is 10.4 Å². The van der Waals surface area contributed by atoms with Crippen LogP contribution in [-0.4, -0.2) is 23.0 Å². The molecule has 2 aromatic carbocycles. The van der Waals surface area contributed by atoms with Crippen molar-refractivity contribution in [2.75, 3.05) is 0 Å². The summed E-state index contributed by atoms with van der Waals surface area (Å²) in [7, 11) is 0. The topological polar surface area (TPSA) is 66.4 Å². The molecule has 0 spiro atoms. The van der Waals surface area contributed by atoms with E-state index in [9.17, 15) is 9.59 Å². The standard InChI is InChI=1S/C19H21NO3S/c1-12-9-10-16(18(21)20-14(3)13(2)19(22)23)17(11-12)24-15-7-5-4-6-8-15/h4-11,13-14H,1-3H3,(H,20,21)(H,22,23). The zero-order valence-corrected chi connectivity index (χ0v) is 14.8. The Labute approximate surface area is 146 Å². The zero-order valence-electron chi connectivity index (χ0n) is 13.9. The highest BCUT2D eigenvalue weighted by Gasteiger charge is 2.22. The summed E-state index contributed by atoms with van der Waals surface area (Å²) in [6.07, 6.45) is 0. The number of carbonyl (C=O) groups excluding carboxylic acids is 1. The van der Waals surface area contributed by atoms with E-state index in [1.54, 1.807) is 19.9 Å². The highest BCUT2D eigenvalue weighted by Crippen LogP contribution is 2.31. The molecule has 0 radical (unpaired) electrons. The third-order valence-electron chi connectivity index (χ3n) is 3.85. The predicted octanol–water partition coefficient (Wildman–Crippen LogP) is 3.99. The molecule has 4 nitrogen and oxygen atoms in total. The molecular formula is C19H21NO3S. The zero-order chi connectivity index (χ0) is 17.7. The molecule has 0 saturated carbocycles. The fourth-order valence-electron chi connectivity index (χ4n) is 2.14. The molecule has 1 amide bonds. The number of carboxylic acid groups (broad SMARTS) is 1. The number of aliphatic carboxylic acids is 1. The maximum atomic E-state index is 12.6. The molecule has 126 valence electrons. The Morgan fingerprint density at radius 1 is 1.08 bits per heavy atom. The third-order valence-corrected chi connectivity index (χ3v) is 4.92. The van der Waals surface area contributed by atoms with Gasteiger partial charge in [-0.15, -0.1) is 0 Å². The molecule has 0 aliphatic rings. The summed E-state index contributed by atoms with van der Waals surface area (Å²) in [6, 6.07) is 15.0. The molecule has 5 heteroatoms. The Morgan fingerprint density at radius 3 is 2.38 bits per heavy atom. The second-order valence-corrected chi connectivity index (χ2v) is 6.92. The maximum absolute atomic E-state index is 12.6. The molecule has 2 N–H and O–H groups in total. The monoisotopic (exact) mass is 343 g/mol. The normalized spacial score (nSPS) is 13.1. The van der Waals surface area contributed by atoms with Gasteiger partial charge in [-0.3, -0.25) is 9.59 Å². The number of rotatable bonds is 6. The van der Waals surface area contributed by atoms with E-state index in [1.165, 1.54) is 11.8 Å². The van der Waals surface area contributed by atoms with E-state index in [-0.39, 0.29) is 5.91 Å². The summed E-state index contributed by atoms with van der Waals surface area (Å²) in [5.41, 5.74) is 1.62. The molecule has 0 heterocycles. The lowest BCUT2D eigenvalue weighted by Crippen LogP contribution is -2.40. The van der Waals surface area contributed by atoms with E-state index < -0.39 is 17.9 Å². The van der Waals surface area contributed by atoms with Crippen LogP contribution in [0.5, 0.6) is 0 Å². The van der Waals surface area contributed by atoms with Crippen LogP contribution in [0, 0.1) is 12.8 Å². The Morgan fingerprint density at radius 2 is 1.75 bits per heavy atom. The van der Waals surface area contributed by atoms with E-state index >= 15 is 0 Å². The summed E-state index contributed by atoms with van der Waals surface area (Å²) < 4.78 is 0. The van der Waals surface area contributed by atoms with Crippen molar-refractivity contribution in [3.8, 4) is 0 Å². The minimum absolute atomic E-state index is 0.256. The molecular weight excluding hydrogens is 322 g/mol. The number of hydrogen-bond donors (Lipinski definition) is 2. The van der Waals surface area contributed by atoms with Gasteiger partial charge in [0.1, 0.15) is 0 Å². The van der Waals surface area contributed by atoms with Crippen molar-refractivity contribution in [3.63, 3.8) is 0 Å². The van der Waals surface area contributed by atoms with Gasteiger partial charge in [0.05, 0.1) is 11.5 Å². The molecule has 0 aliphatic carbocycles. The van der Waals surface area contributed by atoms with Crippen LogP contribution in [-0.2, 0) is 4.79 Å². The lowest BCUT2D eigenvalue weighted by molar-refractivity contribution is -0.141. The minimum atomic E-state index is -0.925. The first-order chi connectivity index (χ1) is 11.4. The van der Waals surface area contributed by atoms with Crippen LogP contribution in [0.4, 0.5) is 0 Å². The van der Waals surface area contributed by atoms with Crippen LogP contribution in [0.2, 0.25) is 0 Å². The molecule has 0 saturated heterocycles. The number of carbonyl (C=O) groups is 2. The van der Waals surface area contributed by atoms with Crippen molar-refractivity contribution in [2.24, 2.45) is 5.92 Å².